The number of aliphatic hydroxyl groups excluding tert-OH is 1. The van der Waals surface area contributed by atoms with E-state index >= 15 is 0 Å². The summed E-state index contributed by atoms with van der Waals surface area (Å²) in [5.41, 5.74) is 2.13. The molecule has 0 aliphatic heterocycles. The van der Waals surface area contributed by atoms with Gasteiger partial charge in [-0.15, -0.1) is 0 Å². The summed E-state index contributed by atoms with van der Waals surface area (Å²) in [6, 6.07) is 8.97. The molecule has 20 heavy (non-hydrogen) atoms. The fraction of sp³-hybridized carbons (Fsp3) is 0.294. The number of ketones is 2. The molecule has 3 nitrogen and oxygen atoms in total. The normalized spacial score (nSPS) is 20.6. The third-order valence-electron chi connectivity index (χ3n) is 4.00. The molecule has 102 valence electrons. The average molecular weight is 268 g/mol. The van der Waals surface area contributed by atoms with E-state index in [0.29, 0.717) is 29.6 Å². The zero-order chi connectivity index (χ0) is 14.1. The molecule has 0 saturated carbocycles. The molecule has 0 heterocycles. The van der Waals surface area contributed by atoms with Gasteiger partial charge in [-0.1, -0.05) is 30.3 Å². The second-order valence-corrected chi connectivity index (χ2v) is 5.27. The van der Waals surface area contributed by atoms with Gasteiger partial charge in [0.25, 0.3) is 0 Å². The van der Waals surface area contributed by atoms with Gasteiger partial charge in [0.15, 0.2) is 11.6 Å². The molecule has 0 bridgehead atoms. The van der Waals surface area contributed by atoms with Crippen LogP contribution >= 0.6 is 0 Å². The Morgan fingerprint density at radius 2 is 1.60 bits per heavy atom. The highest BCUT2D eigenvalue weighted by molar-refractivity contribution is 6.23. The number of hydrogen-bond donors (Lipinski definition) is 1. The molecule has 1 aromatic carbocycles. The maximum absolute atomic E-state index is 12.5. The van der Waals surface area contributed by atoms with Crippen molar-refractivity contribution in [2.45, 2.75) is 31.8 Å². The van der Waals surface area contributed by atoms with Crippen molar-refractivity contribution in [2.75, 3.05) is 0 Å². The van der Waals surface area contributed by atoms with E-state index in [4.69, 9.17) is 0 Å². The fourth-order valence-corrected chi connectivity index (χ4v) is 2.91. The van der Waals surface area contributed by atoms with Gasteiger partial charge in [-0.25, -0.2) is 0 Å². The van der Waals surface area contributed by atoms with E-state index in [0.717, 1.165) is 12.8 Å². The lowest BCUT2D eigenvalue weighted by molar-refractivity contribution is -0.117. The van der Waals surface area contributed by atoms with Gasteiger partial charge in [0.05, 0.1) is 0 Å². The minimum Gasteiger partial charge on any atom is -0.384 e. The molecule has 0 saturated heterocycles. The van der Waals surface area contributed by atoms with E-state index in [2.05, 4.69) is 0 Å². The average Bonchev–Trinajstić information content (AvgIpc) is 2.51. The van der Waals surface area contributed by atoms with Crippen LogP contribution in [0.5, 0.6) is 0 Å². The quantitative estimate of drug-likeness (QED) is 0.839. The molecule has 0 unspecified atom stereocenters. The van der Waals surface area contributed by atoms with Crippen molar-refractivity contribution < 1.29 is 14.7 Å². The van der Waals surface area contributed by atoms with Crippen LogP contribution in [0.4, 0.5) is 0 Å². The summed E-state index contributed by atoms with van der Waals surface area (Å²) in [6.45, 7) is 0. The second-order valence-electron chi connectivity index (χ2n) is 5.27. The Balaban J connectivity index is 1.96. The Bertz CT molecular complexity index is 623. The SMILES string of the molecule is O=C1C=C([C@H](O)c2ccccc2)C(=O)C2=C1CCCC2. The van der Waals surface area contributed by atoms with E-state index in [1.165, 1.54) is 6.08 Å². The zero-order valence-corrected chi connectivity index (χ0v) is 11.1. The standard InChI is InChI=1S/C17H16O3/c18-15-10-14(16(19)11-6-2-1-3-7-11)17(20)13-9-5-4-8-12(13)15/h1-3,6-7,10,16,19H,4-5,8-9H2/t16-/m1/s1. The predicted molar refractivity (Wildman–Crippen MR) is 75.0 cm³/mol. The van der Waals surface area contributed by atoms with Crippen LogP contribution in [0.1, 0.15) is 37.4 Å². The number of Topliss-reactive ketones (excluding diaryl/α,β-unsaturated/α-hetero) is 1. The van der Waals surface area contributed by atoms with Crippen molar-refractivity contribution in [1.82, 2.24) is 0 Å². The first-order valence-corrected chi connectivity index (χ1v) is 6.94. The van der Waals surface area contributed by atoms with E-state index in [-0.39, 0.29) is 17.1 Å². The third-order valence-corrected chi connectivity index (χ3v) is 4.00. The topological polar surface area (TPSA) is 54.4 Å². The Kier molecular flexibility index (Phi) is 3.36. The molecule has 2 aliphatic rings. The summed E-state index contributed by atoms with van der Waals surface area (Å²) in [5.74, 6) is -0.264. The summed E-state index contributed by atoms with van der Waals surface area (Å²) in [6.07, 6.45) is 3.53. The van der Waals surface area contributed by atoms with Crippen LogP contribution in [0.25, 0.3) is 0 Å². The largest absolute Gasteiger partial charge is 0.384 e. The molecule has 0 aromatic heterocycles. The van der Waals surface area contributed by atoms with Gasteiger partial charge in [0, 0.05) is 16.7 Å². The Labute approximate surface area is 117 Å². The number of aliphatic hydroxyl groups is 1. The molecule has 1 atom stereocenters. The predicted octanol–water partition coefficient (Wildman–Crippen LogP) is 2.67. The van der Waals surface area contributed by atoms with Crippen molar-refractivity contribution in [2.24, 2.45) is 0 Å². The molecule has 0 amide bonds. The molecule has 2 aliphatic carbocycles. The second kappa shape index (κ2) is 5.17. The maximum atomic E-state index is 12.5. The molecule has 1 aromatic rings. The first kappa shape index (κ1) is 13.0. The van der Waals surface area contributed by atoms with Crippen LogP contribution in [-0.2, 0) is 9.59 Å². The molecular formula is C17H16O3. The highest BCUT2D eigenvalue weighted by atomic mass is 16.3. The van der Waals surface area contributed by atoms with Crippen molar-refractivity contribution >= 4 is 11.6 Å². The lowest BCUT2D eigenvalue weighted by atomic mass is 9.79. The van der Waals surface area contributed by atoms with Gasteiger partial charge in [-0.2, -0.15) is 0 Å². The number of rotatable bonds is 2. The highest BCUT2D eigenvalue weighted by Crippen LogP contribution is 2.35. The third kappa shape index (κ3) is 2.14. The molecule has 1 N–H and O–H groups in total. The van der Waals surface area contributed by atoms with Crippen LogP contribution in [0.3, 0.4) is 0 Å². The lowest BCUT2D eigenvalue weighted by Crippen LogP contribution is -2.24. The van der Waals surface area contributed by atoms with Crippen LogP contribution in [-0.4, -0.2) is 16.7 Å². The number of hydrogen-bond acceptors (Lipinski definition) is 3. The molecule has 0 radical (unpaired) electrons. The van der Waals surface area contributed by atoms with Crippen molar-refractivity contribution in [3.8, 4) is 0 Å². The van der Waals surface area contributed by atoms with Gasteiger partial charge in [0.2, 0.25) is 0 Å². The van der Waals surface area contributed by atoms with Gasteiger partial charge >= 0.3 is 0 Å². The molecule has 0 fully saturated rings. The van der Waals surface area contributed by atoms with E-state index in [9.17, 15) is 14.7 Å². The highest BCUT2D eigenvalue weighted by Gasteiger charge is 2.33. The van der Waals surface area contributed by atoms with Crippen molar-refractivity contribution in [3.05, 3.63) is 58.7 Å². The first-order chi connectivity index (χ1) is 9.68. The Morgan fingerprint density at radius 1 is 0.950 bits per heavy atom. The number of allylic oxidation sites excluding steroid dienone is 3. The lowest BCUT2D eigenvalue weighted by Gasteiger charge is -2.25. The van der Waals surface area contributed by atoms with E-state index < -0.39 is 6.10 Å². The molecule has 3 rings (SSSR count). The van der Waals surface area contributed by atoms with Gasteiger partial charge in [0.1, 0.15) is 6.10 Å². The smallest absolute Gasteiger partial charge is 0.188 e. The van der Waals surface area contributed by atoms with E-state index in [1.54, 1.807) is 24.3 Å². The van der Waals surface area contributed by atoms with Gasteiger partial charge in [-0.05, 0) is 37.3 Å². The number of carbonyl (C=O) groups is 2. The summed E-state index contributed by atoms with van der Waals surface area (Å²) < 4.78 is 0. The zero-order valence-electron chi connectivity index (χ0n) is 11.1. The summed E-state index contributed by atoms with van der Waals surface area (Å²) in [4.78, 5) is 24.6. The van der Waals surface area contributed by atoms with Crippen LogP contribution in [0.2, 0.25) is 0 Å². The minimum atomic E-state index is -1.02. The molecule has 0 spiro atoms. The maximum Gasteiger partial charge on any atom is 0.188 e. The van der Waals surface area contributed by atoms with Crippen molar-refractivity contribution in [3.63, 3.8) is 0 Å². The molecular weight excluding hydrogens is 252 g/mol. The Hall–Kier alpha value is -2.00. The van der Waals surface area contributed by atoms with Crippen molar-refractivity contribution in [1.29, 1.82) is 0 Å². The summed E-state index contributed by atoms with van der Waals surface area (Å²) in [7, 11) is 0. The number of benzene rings is 1. The molecule has 3 heteroatoms. The van der Waals surface area contributed by atoms with Gasteiger partial charge in [-0.3, -0.25) is 9.59 Å². The van der Waals surface area contributed by atoms with Crippen LogP contribution in [0.15, 0.2) is 53.1 Å². The summed E-state index contributed by atoms with van der Waals surface area (Å²) >= 11 is 0. The van der Waals surface area contributed by atoms with Gasteiger partial charge < -0.3 is 5.11 Å². The summed E-state index contributed by atoms with van der Waals surface area (Å²) in [5, 5.41) is 10.4. The van der Waals surface area contributed by atoms with Crippen LogP contribution < -0.4 is 0 Å². The van der Waals surface area contributed by atoms with E-state index in [1.807, 2.05) is 6.07 Å². The monoisotopic (exact) mass is 268 g/mol. The number of carbonyl (C=O) groups excluding carboxylic acids is 2. The first-order valence-electron chi connectivity index (χ1n) is 6.94. The Morgan fingerprint density at radius 3 is 2.30 bits per heavy atom. The fourth-order valence-electron chi connectivity index (χ4n) is 2.91. The minimum absolute atomic E-state index is 0.107. The van der Waals surface area contributed by atoms with Crippen LogP contribution in [0, 0.1) is 0 Å².